The zero-order valence-electron chi connectivity index (χ0n) is 19.4. The fraction of sp³-hybridized carbons (Fsp3) is 0.692. The number of hydrogen-bond donors (Lipinski definition) is 0. The van der Waals surface area contributed by atoms with E-state index < -0.39 is 23.9 Å². The van der Waals surface area contributed by atoms with Crippen LogP contribution < -0.4 is 0 Å². The quantitative estimate of drug-likeness (QED) is 0.426. The Bertz CT molecular complexity index is 821. The number of amidine groups is 1. The number of rotatable bonds is 8. The van der Waals surface area contributed by atoms with Crippen LogP contribution in [0.4, 0.5) is 13.2 Å². The molecule has 0 aromatic heterocycles. The summed E-state index contributed by atoms with van der Waals surface area (Å²) < 4.78 is 52.7. The number of halogens is 3. The van der Waals surface area contributed by atoms with Gasteiger partial charge in [-0.05, 0) is 50.2 Å². The van der Waals surface area contributed by atoms with Crippen LogP contribution in [0.2, 0.25) is 0 Å². The summed E-state index contributed by atoms with van der Waals surface area (Å²) in [7, 11) is 0. The highest BCUT2D eigenvalue weighted by atomic mass is 19.1. The Morgan fingerprint density at radius 3 is 2.21 bits per heavy atom. The summed E-state index contributed by atoms with van der Waals surface area (Å²) in [6.07, 6.45) is 11.0. The van der Waals surface area contributed by atoms with Crippen LogP contribution in [0.25, 0.3) is 0 Å². The normalized spacial score (nSPS) is 30.3. The minimum Gasteiger partial charge on any atom is -0.352 e. The van der Waals surface area contributed by atoms with E-state index in [-0.39, 0.29) is 17.8 Å². The maximum absolute atomic E-state index is 13.9. The van der Waals surface area contributed by atoms with Gasteiger partial charge >= 0.3 is 0 Å². The van der Waals surface area contributed by atoms with Gasteiger partial charge in [0.2, 0.25) is 0 Å². The van der Waals surface area contributed by atoms with Crippen molar-refractivity contribution in [2.24, 2.45) is 33.7 Å². The first-order chi connectivity index (χ1) is 16.1. The van der Waals surface area contributed by atoms with Crippen molar-refractivity contribution >= 4 is 12.1 Å². The molecule has 182 valence electrons. The van der Waals surface area contributed by atoms with Crippen LogP contribution in [0.15, 0.2) is 22.1 Å². The predicted octanol–water partition coefficient (Wildman–Crippen LogP) is 6.26. The van der Waals surface area contributed by atoms with Crippen LogP contribution in [0, 0.1) is 35.3 Å². The van der Waals surface area contributed by atoms with E-state index >= 15 is 0 Å². The number of aliphatic imine (C=N–C) groups is 2. The standard InChI is InChI=1S/C26H35F3N2O2/c1-2-3-4-5-17-15-32-26(33-16-17)19-8-6-18(7-9-19)21-13-30-25(31-14-21)20-10-23(28)22(12-27)24(29)11-20/h10-11,13,17-19,21,26H,2-9,12,14-16H2,1H3. The van der Waals surface area contributed by atoms with Crippen LogP contribution in [0.5, 0.6) is 0 Å². The van der Waals surface area contributed by atoms with Crippen molar-refractivity contribution in [2.45, 2.75) is 71.3 Å². The van der Waals surface area contributed by atoms with Gasteiger partial charge in [0.25, 0.3) is 0 Å². The molecule has 1 aliphatic carbocycles. The molecule has 1 saturated carbocycles. The highest BCUT2D eigenvalue weighted by molar-refractivity contribution is 6.04. The zero-order valence-corrected chi connectivity index (χ0v) is 19.4. The minimum absolute atomic E-state index is 0.0740. The first-order valence-corrected chi connectivity index (χ1v) is 12.4. The molecule has 0 spiro atoms. The average molecular weight is 465 g/mol. The highest BCUT2D eigenvalue weighted by Crippen LogP contribution is 2.37. The molecule has 3 aliphatic rings. The molecule has 1 aromatic carbocycles. The monoisotopic (exact) mass is 464 g/mol. The molecule has 0 radical (unpaired) electrons. The summed E-state index contributed by atoms with van der Waals surface area (Å²) in [6.45, 7) is 3.23. The van der Waals surface area contributed by atoms with Crippen molar-refractivity contribution in [1.82, 2.24) is 0 Å². The maximum atomic E-state index is 13.9. The first-order valence-electron chi connectivity index (χ1n) is 12.4. The number of alkyl halides is 1. The van der Waals surface area contributed by atoms with Gasteiger partial charge in [0, 0.05) is 36.1 Å². The summed E-state index contributed by atoms with van der Waals surface area (Å²) in [4.78, 5) is 8.87. The molecule has 0 amide bonds. The van der Waals surface area contributed by atoms with E-state index in [0.29, 0.717) is 30.1 Å². The lowest BCUT2D eigenvalue weighted by atomic mass is 9.75. The van der Waals surface area contributed by atoms with Gasteiger partial charge in [0.15, 0.2) is 12.1 Å². The van der Waals surface area contributed by atoms with Gasteiger partial charge in [-0.25, -0.2) is 18.2 Å². The van der Waals surface area contributed by atoms with Gasteiger partial charge in [-0.3, -0.25) is 4.99 Å². The van der Waals surface area contributed by atoms with E-state index in [0.717, 1.165) is 51.0 Å². The Balaban J connectivity index is 1.23. The van der Waals surface area contributed by atoms with E-state index in [4.69, 9.17) is 9.47 Å². The molecule has 7 heteroatoms. The first kappa shape index (κ1) is 24.4. The van der Waals surface area contributed by atoms with E-state index in [1.54, 1.807) is 0 Å². The van der Waals surface area contributed by atoms with Gasteiger partial charge in [-0.15, -0.1) is 0 Å². The number of ether oxygens (including phenoxy) is 2. The maximum Gasteiger partial charge on any atom is 0.160 e. The van der Waals surface area contributed by atoms with E-state index in [2.05, 4.69) is 16.9 Å². The van der Waals surface area contributed by atoms with Gasteiger partial charge < -0.3 is 9.47 Å². The molecule has 1 unspecified atom stereocenters. The second-order valence-electron chi connectivity index (χ2n) is 9.73. The molecule has 4 rings (SSSR count). The molecule has 0 N–H and O–H groups in total. The largest absolute Gasteiger partial charge is 0.352 e. The fourth-order valence-electron chi connectivity index (χ4n) is 5.27. The molecule has 2 fully saturated rings. The van der Waals surface area contributed by atoms with Crippen LogP contribution in [-0.2, 0) is 16.1 Å². The summed E-state index contributed by atoms with van der Waals surface area (Å²) >= 11 is 0. The third kappa shape index (κ3) is 6.04. The third-order valence-corrected chi connectivity index (χ3v) is 7.39. The molecule has 2 aliphatic heterocycles. The van der Waals surface area contributed by atoms with Crippen molar-refractivity contribution in [3.05, 3.63) is 34.9 Å². The molecule has 2 heterocycles. The predicted molar refractivity (Wildman–Crippen MR) is 123 cm³/mol. The Labute approximate surface area is 194 Å². The minimum atomic E-state index is -1.17. The number of nitrogens with zero attached hydrogens (tertiary/aromatic N) is 2. The fourth-order valence-corrected chi connectivity index (χ4v) is 5.27. The van der Waals surface area contributed by atoms with Crippen LogP contribution in [0.3, 0.4) is 0 Å². The van der Waals surface area contributed by atoms with Crippen LogP contribution in [-0.4, -0.2) is 38.1 Å². The number of hydrogen-bond acceptors (Lipinski definition) is 4. The molecular formula is C26H35F3N2O2. The Kier molecular flexibility index (Phi) is 8.58. The molecule has 1 atom stereocenters. The Morgan fingerprint density at radius 2 is 1.64 bits per heavy atom. The third-order valence-electron chi connectivity index (χ3n) is 7.39. The SMILES string of the molecule is CCCCCC1COC(C2CCC(C3C=NC(c4cc(F)c(CF)c(F)c4)=NC3)CC2)OC1. The van der Waals surface area contributed by atoms with Crippen LogP contribution >= 0.6 is 0 Å². The van der Waals surface area contributed by atoms with Gasteiger partial charge in [-0.2, -0.15) is 0 Å². The van der Waals surface area contributed by atoms with Gasteiger partial charge in [0.1, 0.15) is 18.3 Å². The Morgan fingerprint density at radius 1 is 0.970 bits per heavy atom. The molecule has 0 bridgehead atoms. The summed E-state index contributed by atoms with van der Waals surface area (Å²) in [5, 5.41) is 0. The van der Waals surface area contributed by atoms with E-state index in [9.17, 15) is 13.2 Å². The van der Waals surface area contributed by atoms with Gasteiger partial charge in [0.05, 0.1) is 18.8 Å². The topological polar surface area (TPSA) is 43.2 Å². The Hall–Kier alpha value is -1.73. The van der Waals surface area contributed by atoms with Crippen molar-refractivity contribution in [2.75, 3.05) is 19.8 Å². The smallest absolute Gasteiger partial charge is 0.160 e. The molecule has 1 saturated heterocycles. The second-order valence-corrected chi connectivity index (χ2v) is 9.73. The lowest BCUT2D eigenvalue weighted by Gasteiger charge is -2.39. The van der Waals surface area contributed by atoms with Crippen molar-refractivity contribution in [1.29, 1.82) is 0 Å². The number of unbranched alkanes of at least 4 members (excludes halogenated alkanes) is 2. The van der Waals surface area contributed by atoms with E-state index in [1.165, 1.54) is 25.7 Å². The molecular weight excluding hydrogens is 429 g/mol. The summed E-state index contributed by atoms with van der Waals surface area (Å²) in [6, 6.07) is 2.22. The van der Waals surface area contributed by atoms with Crippen LogP contribution in [0.1, 0.15) is 69.4 Å². The van der Waals surface area contributed by atoms with Crippen molar-refractivity contribution in [3.63, 3.8) is 0 Å². The van der Waals surface area contributed by atoms with Gasteiger partial charge in [-0.1, -0.05) is 26.2 Å². The van der Waals surface area contributed by atoms with E-state index in [1.807, 2.05) is 6.21 Å². The van der Waals surface area contributed by atoms with Crippen molar-refractivity contribution in [3.8, 4) is 0 Å². The van der Waals surface area contributed by atoms with Crippen molar-refractivity contribution < 1.29 is 22.6 Å². The average Bonchev–Trinajstić information content (AvgIpc) is 2.85. The summed E-state index contributed by atoms with van der Waals surface area (Å²) in [5.41, 5.74) is -0.299. The molecule has 4 nitrogen and oxygen atoms in total. The molecule has 33 heavy (non-hydrogen) atoms. The summed E-state index contributed by atoms with van der Waals surface area (Å²) in [5.74, 6) is 0.201. The lowest BCUT2D eigenvalue weighted by molar-refractivity contribution is -0.230. The lowest BCUT2D eigenvalue weighted by Crippen LogP contribution is -2.39. The molecule has 1 aromatic rings. The highest BCUT2D eigenvalue weighted by Gasteiger charge is 2.34. The second kappa shape index (κ2) is 11.6. The zero-order chi connectivity index (χ0) is 23.2. The number of benzene rings is 1.